The SMILES string of the molecule is O=C(O)C[C@]1(c2ccc(F)cn2)CCO[C@@]2(CCOC2)C1. The minimum atomic E-state index is -0.878. The lowest BCUT2D eigenvalue weighted by Gasteiger charge is -2.44. The van der Waals surface area contributed by atoms with Gasteiger partial charge >= 0.3 is 5.97 Å². The first-order chi connectivity index (χ1) is 10.0. The quantitative estimate of drug-likeness (QED) is 0.922. The van der Waals surface area contributed by atoms with Gasteiger partial charge in [0.05, 0.1) is 24.8 Å². The van der Waals surface area contributed by atoms with Gasteiger partial charge in [-0.15, -0.1) is 0 Å². The van der Waals surface area contributed by atoms with Crippen molar-refractivity contribution < 1.29 is 23.8 Å². The van der Waals surface area contributed by atoms with Crippen molar-refractivity contribution >= 4 is 5.97 Å². The van der Waals surface area contributed by atoms with Gasteiger partial charge in [-0.05, 0) is 25.0 Å². The summed E-state index contributed by atoms with van der Waals surface area (Å²) in [6.07, 6.45) is 2.99. The number of ether oxygens (including phenoxy) is 2. The molecule has 0 bridgehead atoms. The van der Waals surface area contributed by atoms with Crippen molar-refractivity contribution in [2.75, 3.05) is 19.8 Å². The molecule has 3 rings (SSSR count). The number of carbonyl (C=O) groups is 1. The van der Waals surface area contributed by atoms with E-state index < -0.39 is 22.8 Å². The molecule has 0 aliphatic carbocycles. The van der Waals surface area contributed by atoms with E-state index in [2.05, 4.69) is 4.98 Å². The molecule has 1 aromatic heterocycles. The number of halogens is 1. The van der Waals surface area contributed by atoms with Gasteiger partial charge in [-0.1, -0.05) is 0 Å². The molecule has 6 heteroatoms. The summed E-state index contributed by atoms with van der Waals surface area (Å²) >= 11 is 0. The van der Waals surface area contributed by atoms with Gasteiger partial charge < -0.3 is 14.6 Å². The third kappa shape index (κ3) is 2.78. The Morgan fingerprint density at radius 1 is 1.38 bits per heavy atom. The Morgan fingerprint density at radius 3 is 2.86 bits per heavy atom. The lowest BCUT2D eigenvalue weighted by atomic mass is 9.68. The standard InChI is InChI=1S/C15H18FNO4/c16-11-1-2-12(17-8-11)14(7-13(18)19)3-6-21-15(9-14)4-5-20-10-15/h1-2,8H,3-7,9-10H2,(H,18,19)/t14-,15+/m1/s1. The van der Waals surface area contributed by atoms with Gasteiger partial charge in [-0.3, -0.25) is 9.78 Å². The molecule has 1 aromatic rings. The fourth-order valence-corrected chi connectivity index (χ4v) is 3.50. The summed E-state index contributed by atoms with van der Waals surface area (Å²) in [5.74, 6) is -1.30. The molecule has 21 heavy (non-hydrogen) atoms. The predicted octanol–water partition coefficient (Wildman–Crippen LogP) is 1.90. The van der Waals surface area contributed by atoms with Crippen LogP contribution in [-0.4, -0.2) is 41.5 Å². The monoisotopic (exact) mass is 295 g/mol. The van der Waals surface area contributed by atoms with Crippen molar-refractivity contribution in [2.45, 2.75) is 36.7 Å². The lowest BCUT2D eigenvalue weighted by Crippen LogP contribution is -2.49. The van der Waals surface area contributed by atoms with Gasteiger partial charge in [0.2, 0.25) is 0 Å². The summed E-state index contributed by atoms with van der Waals surface area (Å²) in [4.78, 5) is 15.5. The van der Waals surface area contributed by atoms with E-state index in [0.29, 0.717) is 38.4 Å². The van der Waals surface area contributed by atoms with E-state index in [4.69, 9.17) is 9.47 Å². The largest absolute Gasteiger partial charge is 0.481 e. The zero-order valence-corrected chi connectivity index (χ0v) is 11.7. The first-order valence-corrected chi connectivity index (χ1v) is 7.09. The molecule has 1 spiro atoms. The molecule has 2 atom stereocenters. The average Bonchev–Trinajstić information content (AvgIpc) is 2.86. The minimum Gasteiger partial charge on any atom is -0.481 e. The number of nitrogens with zero attached hydrogens (tertiary/aromatic N) is 1. The van der Waals surface area contributed by atoms with E-state index in [0.717, 1.165) is 12.6 Å². The van der Waals surface area contributed by atoms with Crippen LogP contribution in [0.2, 0.25) is 0 Å². The predicted molar refractivity (Wildman–Crippen MR) is 71.5 cm³/mol. The Balaban J connectivity index is 1.96. The first-order valence-electron chi connectivity index (χ1n) is 7.09. The van der Waals surface area contributed by atoms with E-state index in [1.54, 1.807) is 6.07 Å². The molecule has 2 aliphatic rings. The van der Waals surface area contributed by atoms with Crippen LogP contribution in [-0.2, 0) is 19.7 Å². The molecule has 5 nitrogen and oxygen atoms in total. The highest BCUT2D eigenvalue weighted by atomic mass is 19.1. The Bertz CT molecular complexity index is 527. The number of rotatable bonds is 3. The molecular weight excluding hydrogens is 277 g/mol. The minimum absolute atomic E-state index is 0.0310. The fourth-order valence-electron chi connectivity index (χ4n) is 3.50. The molecule has 0 radical (unpaired) electrons. The molecule has 0 aromatic carbocycles. The Kier molecular flexibility index (Phi) is 3.67. The highest BCUT2D eigenvalue weighted by Gasteiger charge is 2.50. The summed E-state index contributed by atoms with van der Waals surface area (Å²) in [6, 6.07) is 2.92. The average molecular weight is 295 g/mol. The van der Waals surface area contributed by atoms with Crippen molar-refractivity contribution in [3.05, 3.63) is 29.8 Å². The van der Waals surface area contributed by atoms with Crippen LogP contribution < -0.4 is 0 Å². The van der Waals surface area contributed by atoms with Gasteiger partial charge in [0.15, 0.2) is 0 Å². The third-order valence-electron chi connectivity index (χ3n) is 4.48. The van der Waals surface area contributed by atoms with Gasteiger partial charge in [0.25, 0.3) is 0 Å². The zero-order valence-electron chi connectivity index (χ0n) is 11.7. The first kappa shape index (κ1) is 14.4. The molecule has 0 amide bonds. The lowest BCUT2D eigenvalue weighted by molar-refractivity contribution is -0.144. The van der Waals surface area contributed by atoms with Gasteiger partial charge in [0.1, 0.15) is 5.82 Å². The van der Waals surface area contributed by atoms with Crippen LogP contribution in [0, 0.1) is 5.82 Å². The van der Waals surface area contributed by atoms with Crippen molar-refractivity contribution in [3.8, 4) is 0 Å². The number of hydrogen-bond donors (Lipinski definition) is 1. The van der Waals surface area contributed by atoms with E-state index in [-0.39, 0.29) is 6.42 Å². The number of aliphatic carboxylic acids is 1. The second-order valence-corrected chi connectivity index (χ2v) is 5.97. The van der Waals surface area contributed by atoms with Gasteiger partial charge in [-0.2, -0.15) is 0 Å². The van der Waals surface area contributed by atoms with Crippen molar-refractivity contribution in [3.63, 3.8) is 0 Å². The van der Waals surface area contributed by atoms with E-state index in [1.165, 1.54) is 6.07 Å². The van der Waals surface area contributed by atoms with Crippen LogP contribution in [0.25, 0.3) is 0 Å². The van der Waals surface area contributed by atoms with Crippen molar-refractivity contribution in [1.29, 1.82) is 0 Å². The van der Waals surface area contributed by atoms with Crippen LogP contribution in [0.3, 0.4) is 0 Å². The summed E-state index contributed by atoms with van der Waals surface area (Å²) in [7, 11) is 0. The van der Waals surface area contributed by atoms with Gasteiger partial charge in [0, 0.05) is 30.7 Å². The maximum absolute atomic E-state index is 13.1. The van der Waals surface area contributed by atoms with Crippen LogP contribution in [0.4, 0.5) is 4.39 Å². The smallest absolute Gasteiger partial charge is 0.304 e. The molecule has 0 unspecified atom stereocenters. The Hall–Kier alpha value is -1.53. The van der Waals surface area contributed by atoms with Crippen LogP contribution in [0.15, 0.2) is 18.3 Å². The van der Waals surface area contributed by atoms with E-state index in [9.17, 15) is 14.3 Å². The highest BCUT2D eigenvalue weighted by molar-refractivity contribution is 5.69. The number of carboxylic acids is 1. The van der Waals surface area contributed by atoms with Crippen molar-refractivity contribution in [2.24, 2.45) is 0 Å². The van der Waals surface area contributed by atoms with Crippen LogP contribution in [0.1, 0.15) is 31.4 Å². The van der Waals surface area contributed by atoms with Gasteiger partial charge in [-0.25, -0.2) is 4.39 Å². The fraction of sp³-hybridized carbons (Fsp3) is 0.600. The van der Waals surface area contributed by atoms with Crippen molar-refractivity contribution in [1.82, 2.24) is 4.98 Å². The summed E-state index contributed by atoms with van der Waals surface area (Å²) in [5.41, 5.74) is -0.421. The zero-order chi connectivity index (χ0) is 14.9. The second kappa shape index (κ2) is 5.35. The summed E-state index contributed by atoms with van der Waals surface area (Å²) < 4.78 is 24.4. The molecular formula is C15H18FNO4. The maximum atomic E-state index is 13.1. The topological polar surface area (TPSA) is 68.7 Å². The number of pyridine rings is 1. The third-order valence-corrected chi connectivity index (χ3v) is 4.48. The summed E-state index contributed by atoms with van der Waals surface area (Å²) in [5, 5.41) is 9.30. The molecule has 1 N–H and O–H groups in total. The number of aromatic nitrogens is 1. The molecule has 2 aliphatic heterocycles. The Labute approximate surface area is 122 Å². The second-order valence-electron chi connectivity index (χ2n) is 5.97. The summed E-state index contributed by atoms with van der Waals surface area (Å²) in [6.45, 7) is 1.57. The molecule has 3 heterocycles. The molecule has 0 saturated carbocycles. The van der Waals surface area contributed by atoms with E-state index in [1.807, 2.05) is 0 Å². The molecule has 114 valence electrons. The van der Waals surface area contributed by atoms with Crippen LogP contribution >= 0.6 is 0 Å². The van der Waals surface area contributed by atoms with E-state index >= 15 is 0 Å². The number of hydrogen-bond acceptors (Lipinski definition) is 4. The Morgan fingerprint density at radius 2 is 2.24 bits per heavy atom. The normalized spacial score (nSPS) is 32.4. The molecule has 2 fully saturated rings. The highest BCUT2D eigenvalue weighted by Crippen LogP contribution is 2.46. The maximum Gasteiger partial charge on any atom is 0.304 e. The van der Waals surface area contributed by atoms with Crippen LogP contribution in [0.5, 0.6) is 0 Å². The molecule has 2 saturated heterocycles. The number of carboxylic acid groups (broad SMARTS) is 1.